The molecule has 1 aliphatic rings. The first-order valence-corrected chi connectivity index (χ1v) is 13.6. The van der Waals surface area contributed by atoms with Crippen molar-refractivity contribution in [1.29, 1.82) is 0 Å². The van der Waals surface area contributed by atoms with E-state index in [-0.39, 0.29) is 17.9 Å². The fourth-order valence-corrected chi connectivity index (χ4v) is 5.51. The maximum Gasteiger partial charge on any atom is 0.337 e. The summed E-state index contributed by atoms with van der Waals surface area (Å²) in [5, 5.41) is 12.1. The average molecular weight is 559 g/mol. The molecule has 3 aromatic carbocycles. The molecule has 0 aliphatic heterocycles. The SMILES string of the molecule is COC(=O)c1ccc2c(N(Cc3ccc(-c4ccc(OC)c(Cl)c4)cc3)C(=O)[C@H]3CC[C@H](O)CC3)nccc2c1. The lowest BCUT2D eigenvalue weighted by molar-refractivity contribution is -0.124. The number of amides is 1. The van der Waals surface area contributed by atoms with Crippen LogP contribution in [0.5, 0.6) is 5.75 Å². The van der Waals surface area contributed by atoms with E-state index in [1.807, 2.05) is 54.6 Å². The third kappa shape index (κ3) is 5.81. The van der Waals surface area contributed by atoms with E-state index < -0.39 is 5.97 Å². The Labute approximate surface area is 238 Å². The van der Waals surface area contributed by atoms with E-state index in [4.69, 9.17) is 21.1 Å². The molecule has 0 unspecified atom stereocenters. The summed E-state index contributed by atoms with van der Waals surface area (Å²) < 4.78 is 10.1. The number of methoxy groups -OCH3 is 2. The highest BCUT2D eigenvalue weighted by molar-refractivity contribution is 6.32. The molecule has 0 bridgehead atoms. The van der Waals surface area contributed by atoms with Crippen LogP contribution in [-0.2, 0) is 16.1 Å². The molecule has 5 rings (SSSR count). The smallest absolute Gasteiger partial charge is 0.337 e. The highest BCUT2D eigenvalue weighted by Crippen LogP contribution is 2.33. The minimum Gasteiger partial charge on any atom is -0.495 e. The molecule has 1 N–H and O–H groups in total. The topological polar surface area (TPSA) is 89.0 Å². The van der Waals surface area contributed by atoms with Gasteiger partial charge in [0, 0.05) is 17.5 Å². The molecular formula is C32H31ClN2O5. The Bertz CT molecular complexity index is 1530. The molecule has 4 aromatic rings. The first-order valence-electron chi connectivity index (χ1n) is 13.3. The quantitative estimate of drug-likeness (QED) is 0.263. The number of nitrogens with zero attached hydrogens (tertiary/aromatic N) is 2. The van der Waals surface area contributed by atoms with E-state index in [0.29, 0.717) is 54.4 Å². The Kier molecular flexibility index (Phi) is 8.33. The molecule has 1 aromatic heterocycles. The Morgan fingerprint density at radius 2 is 1.68 bits per heavy atom. The number of anilines is 1. The number of hydrogen-bond acceptors (Lipinski definition) is 6. The third-order valence-corrected chi connectivity index (χ3v) is 7.81. The van der Waals surface area contributed by atoms with E-state index in [0.717, 1.165) is 27.5 Å². The van der Waals surface area contributed by atoms with E-state index in [1.165, 1.54) is 7.11 Å². The van der Waals surface area contributed by atoms with Crippen LogP contribution in [0, 0.1) is 5.92 Å². The molecule has 1 fully saturated rings. The number of carbonyl (C=O) groups is 2. The first-order chi connectivity index (χ1) is 19.4. The minimum atomic E-state index is -0.424. The molecule has 1 amide bonds. The van der Waals surface area contributed by atoms with Crippen molar-refractivity contribution in [3.63, 3.8) is 0 Å². The first kappa shape index (κ1) is 27.6. The molecule has 0 spiro atoms. The molecule has 0 radical (unpaired) electrons. The predicted octanol–water partition coefficient (Wildman–Crippen LogP) is 6.43. The standard InChI is InChI=1S/C32H31ClN2O5/c1-39-29-14-10-23(18-28(29)33)21-5-3-20(4-6-21)19-35(31(37)22-7-11-26(36)12-8-22)30-27-13-9-25(32(38)40-2)17-24(27)15-16-34-30/h3-6,9-10,13-18,22,26,36H,7-8,11-12,19H2,1-2H3/t22-,26-. The van der Waals surface area contributed by atoms with Gasteiger partial charge in [0.1, 0.15) is 11.6 Å². The second-order valence-corrected chi connectivity index (χ2v) is 10.4. The Morgan fingerprint density at radius 3 is 2.35 bits per heavy atom. The molecule has 1 aliphatic carbocycles. The van der Waals surface area contributed by atoms with E-state index in [1.54, 1.807) is 30.3 Å². The fraction of sp³-hybridized carbons (Fsp3) is 0.281. The molecule has 8 heteroatoms. The van der Waals surface area contributed by atoms with Gasteiger partial charge in [-0.2, -0.15) is 0 Å². The number of rotatable bonds is 7. The number of ether oxygens (including phenoxy) is 2. The maximum absolute atomic E-state index is 14.0. The normalized spacial score (nSPS) is 16.9. The van der Waals surface area contributed by atoms with Crippen molar-refractivity contribution < 1.29 is 24.2 Å². The van der Waals surface area contributed by atoms with Crippen molar-refractivity contribution in [3.8, 4) is 16.9 Å². The second-order valence-electron chi connectivity index (χ2n) is 10.0. The highest BCUT2D eigenvalue weighted by Gasteiger charge is 2.31. The highest BCUT2D eigenvalue weighted by atomic mass is 35.5. The zero-order chi connectivity index (χ0) is 28.2. The van der Waals surface area contributed by atoms with Crippen LogP contribution in [0.15, 0.2) is 72.9 Å². The molecule has 1 heterocycles. The van der Waals surface area contributed by atoms with Crippen LogP contribution in [0.2, 0.25) is 5.02 Å². The van der Waals surface area contributed by atoms with Gasteiger partial charge in [-0.15, -0.1) is 0 Å². The van der Waals surface area contributed by atoms with Gasteiger partial charge in [0.2, 0.25) is 5.91 Å². The number of benzene rings is 3. The lowest BCUT2D eigenvalue weighted by Gasteiger charge is -2.31. The fourth-order valence-electron chi connectivity index (χ4n) is 5.25. The lowest BCUT2D eigenvalue weighted by Crippen LogP contribution is -2.38. The number of pyridine rings is 1. The van der Waals surface area contributed by atoms with Gasteiger partial charge in [0.05, 0.1) is 37.5 Å². The van der Waals surface area contributed by atoms with Crippen molar-refractivity contribution in [2.24, 2.45) is 5.92 Å². The van der Waals surface area contributed by atoms with E-state index in [2.05, 4.69) is 4.98 Å². The van der Waals surface area contributed by atoms with Gasteiger partial charge in [-0.1, -0.05) is 41.9 Å². The van der Waals surface area contributed by atoms with Crippen molar-refractivity contribution in [1.82, 2.24) is 4.98 Å². The van der Waals surface area contributed by atoms with Gasteiger partial charge in [-0.25, -0.2) is 9.78 Å². The van der Waals surface area contributed by atoms with Crippen molar-refractivity contribution in [2.75, 3.05) is 19.1 Å². The van der Waals surface area contributed by atoms with Gasteiger partial charge in [-0.3, -0.25) is 9.69 Å². The Balaban J connectivity index is 1.49. The monoisotopic (exact) mass is 558 g/mol. The van der Waals surface area contributed by atoms with Gasteiger partial charge in [-0.05, 0) is 84.2 Å². The van der Waals surface area contributed by atoms with E-state index in [9.17, 15) is 14.7 Å². The van der Waals surface area contributed by atoms with Crippen molar-refractivity contribution >= 4 is 40.1 Å². The van der Waals surface area contributed by atoms with Gasteiger partial charge < -0.3 is 14.6 Å². The summed E-state index contributed by atoms with van der Waals surface area (Å²) in [7, 11) is 2.93. The molecule has 40 heavy (non-hydrogen) atoms. The van der Waals surface area contributed by atoms with Gasteiger partial charge >= 0.3 is 5.97 Å². The Hall–Kier alpha value is -3.94. The molecule has 0 atom stereocenters. The van der Waals surface area contributed by atoms with Gasteiger partial charge in [0.25, 0.3) is 0 Å². The number of fused-ring (bicyclic) bond motifs is 1. The molecule has 7 nitrogen and oxygen atoms in total. The van der Waals surface area contributed by atoms with Gasteiger partial charge in [0.15, 0.2) is 0 Å². The van der Waals surface area contributed by atoms with Crippen LogP contribution in [0.1, 0.15) is 41.6 Å². The molecular weight excluding hydrogens is 528 g/mol. The number of carbonyl (C=O) groups excluding carboxylic acids is 2. The van der Waals surface area contributed by atoms with Crippen molar-refractivity contribution in [3.05, 3.63) is 89.1 Å². The summed E-state index contributed by atoms with van der Waals surface area (Å²) in [4.78, 5) is 32.4. The lowest BCUT2D eigenvalue weighted by atomic mass is 9.86. The number of halogens is 1. The summed E-state index contributed by atoms with van der Waals surface area (Å²) in [6.45, 7) is 0.326. The summed E-state index contributed by atoms with van der Waals surface area (Å²) >= 11 is 6.33. The largest absolute Gasteiger partial charge is 0.495 e. The zero-order valence-corrected chi connectivity index (χ0v) is 23.2. The van der Waals surface area contributed by atoms with E-state index >= 15 is 0 Å². The number of esters is 1. The maximum atomic E-state index is 14.0. The number of hydrogen-bond donors (Lipinski definition) is 1. The second kappa shape index (κ2) is 12.1. The Morgan fingerprint density at radius 1 is 0.950 bits per heavy atom. The zero-order valence-electron chi connectivity index (χ0n) is 22.5. The number of aliphatic hydroxyl groups is 1. The van der Waals surface area contributed by atoms with Crippen LogP contribution >= 0.6 is 11.6 Å². The molecule has 1 saturated carbocycles. The van der Waals surface area contributed by atoms with Crippen LogP contribution in [0.3, 0.4) is 0 Å². The third-order valence-electron chi connectivity index (χ3n) is 7.51. The predicted molar refractivity (Wildman–Crippen MR) is 156 cm³/mol. The minimum absolute atomic E-state index is 0.0186. The van der Waals surface area contributed by atoms with Crippen LogP contribution in [-0.4, -0.2) is 42.3 Å². The number of aromatic nitrogens is 1. The average Bonchev–Trinajstić information content (AvgIpc) is 2.99. The van der Waals surface area contributed by atoms with Crippen LogP contribution in [0.4, 0.5) is 5.82 Å². The van der Waals surface area contributed by atoms with Crippen LogP contribution in [0.25, 0.3) is 21.9 Å². The summed E-state index contributed by atoms with van der Waals surface area (Å²) in [5.74, 6) is 0.515. The number of aliphatic hydroxyl groups excluding tert-OH is 1. The molecule has 0 saturated heterocycles. The van der Waals surface area contributed by atoms with Crippen LogP contribution < -0.4 is 9.64 Å². The molecule has 206 valence electrons. The summed E-state index contributed by atoms with van der Waals surface area (Å²) in [6.07, 6.45) is 3.77. The summed E-state index contributed by atoms with van der Waals surface area (Å²) in [6, 6.07) is 20.7. The summed E-state index contributed by atoms with van der Waals surface area (Å²) in [5.41, 5.74) is 3.33. The van der Waals surface area contributed by atoms with Crippen molar-refractivity contribution in [2.45, 2.75) is 38.3 Å².